The zero-order chi connectivity index (χ0) is 19.5. The first-order valence-corrected chi connectivity index (χ1v) is 9.64. The average molecular weight is 377 g/mol. The van der Waals surface area contributed by atoms with Crippen LogP contribution in [-0.4, -0.2) is 29.8 Å². The molecule has 0 radical (unpaired) electrons. The number of carbonyl (C=O) groups excluding carboxylic acids is 1. The fraction of sp³-hybridized carbons (Fsp3) is 0.304. The highest BCUT2D eigenvalue weighted by Crippen LogP contribution is 2.44. The summed E-state index contributed by atoms with van der Waals surface area (Å²) in [4.78, 5) is 24.0. The maximum absolute atomic E-state index is 12.4. The van der Waals surface area contributed by atoms with E-state index in [0.717, 1.165) is 35.1 Å². The summed E-state index contributed by atoms with van der Waals surface area (Å²) in [7, 11) is 0. The molecule has 0 saturated carbocycles. The van der Waals surface area contributed by atoms with Gasteiger partial charge in [0.15, 0.2) is 0 Å². The molecule has 4 rings (SSSR count). The summed E-state index contributed by atoms with van der Waals surface area (Å²) < 4.78 is 5.48. The van der Waals surface area contributed by atoms with Gasteiger partial charge in [-0.25, -0.2) is 9.59 Å². The Hall–Kier alpha value is -3.08. The molecule has 2 aromatic rings. The number of benzene rings is 2. The van der Waals surface area contributed by atoms with Crippen molar-refractivity contribution in [3.63, 3.8) is 0 Å². The van der Waals surface area contributed by atoms with Crippen molar-refractivity contribution in [2.24, 2.45) is 5.92 Å². The summed E-state index contributed by atoms with van der Waals surface area (Å²) >= 11 is 0. The van der Waals surface area contributed by atoms with Gasteiger partial charge < -0.3 is 15.2 Å². The second-order valence-electron chi connectivity index (χ2n) is 7.33. The van der Waals surface area contributed by atoms with Gasteiger partial charge >= 0.3 is 12.1 Å². The number of ether oxygens (including phenoxy) is 1. The Kier molecular flexibility index (Phi) is 5.15. The van der Waals surface area contributed by atoms with E-state index in [1.54, 1.807) is 0 Å². The molecule has 144 valence electrons. The number of aliphatic carboxylic acids is 1. The molecule has 2 unspecified atom stereocenters. The summed E-state index contributed by atoms with van der Waals surface area (Å²) in [5.41, 5.74) is 4.57. The molecule has 2 aliphatic rings. The quantitative estimate of drug-likeness (QED) is 0.760. The smallest absolute Gasteiger partial charge is 0.407 e. The van der Waals surface area contributed by atoms with Crippen LogP contribution in [0.15, 0.2) is 60.7 Å². The summed E-state index contributed by atoms with van der Waals surface area (Å²) in [6, 6.07) is 15.3. The van der Waals surface area contributed by atoms with Crippen molar-refractivity contribution in [3.8, 4) is 11.1 Å². The van der Waals surface area contributed by atoms with Gasteiger partial charge in [0.25, 0.3) is 0 Å². The van der Waals surface area contributed by atoms with Crippen LogP contribution >= 0.6 is 0 Å². The lowest BCUT2D eigenvalue weighted by atomic mass is 9.88. The Morgan fingerprint density at radius 1 is 1.04 bits per heavy atom. The Morgan fingerprint density at radius 2 is 1.68 bits per heavy atom. The van der Waals surface area contributed by atoms with Crippen LogP contribution < -0.4 is 5.32 Å². The predicted molar refractivity (Wildman–Crippen MR) is 106 cm³/mol. The van der Waals surface area contributed by atoms with Crippen LogP contribution in [0.25, 0.3) is 11.1 Å². The lowest BCUT2D eigenvalue weighted by molar-refractivity contribution is -0.140. The second-order valence-corrected chi connectivity index (χ2v) is 7.33. The topological polar surface area (TPSA) is 75.6 Å². The van der Waals surface area contributed by atoms with Gasteiger partial charge in [-0.3, -0.25) is 0 Å². The molecule has 0 fully saturated rings. The third-order valence-electron chi connectivity index (χ3n) is 5.66. The van der Waals surface area contributed by atoms with Crippen molar-refractivity contribution < 1.29 is 19.4 Å². The van der Waals surface area contributed by atoms with Crippen LogP contribution in [0.5, 0.6) is 0 Å². The standard InChI is InChI=1S/C23H23NO4/c25-22(26)21(15-8-2-1-3-9-15)24-23(27)28-14-20-18-12-6-4-10-16(18)17-11-5-7-13-19(17)20/h1-2,4-7,10-13,15,20-21H,3,8-9,14H2,(H,24,27)(H,25,26). The van der Waals surface area contributed by atoms with Crippen LogP contribution in [0.1, 0.15) is 36.3 Å². The highest BCUT2D eigenvalue weighted by molar-refractivity contribution is 5.81. The van der Waals surface area contributed by atoms with Gasteiger partial charge in [0.2, 0.25) is 0 Å². The first kappa shape index (κ1) is 18.3. The third kappa shape index (κ3) is 3.52. The Morgan fingerprint density at radius 3 is 2.25 bits per heavy atom. The van der Waals surface area contributed by atoms with Crippen LogP contribution in [0.4, 0.5) is 4.79 Å². The minimum atomic E-state index is -1.02. The fourth-order valence-corrected chi connectivity index (χ4v) is 4.27. The zero-order valence-corrected chi connectivity index (χ0v) is 15.5. The van der Waals surface area contributed by atoms with Crippen molar-refractivity contribution in [1.82, 2.24) is 5.32 Å². The van der Waals surface area contributed by atoms with E-state index in [1.165, 1.54) is 0 Å². The number of fused-ring (bicyclic) bond motifs is 3. The van der Waals surface area contributed by atoms with Crippen molar-refractivity contribution >= 4 is 12.1 Å². The van der Waals surface area contributed by atoms with Gasteiger partial charge in [0, 0.05) is 5.92 Å². The summed E-state index contributed by atoms with van der Waals surface area (Å²) in [6.45, 7) is 0.177. The molecular formula is C23H23NO4. The number of hydrogen-bond donors (Lipinski definition) is 2. The van der Waals surface area contributed by atoms with Crippen molar-refractivity contribution in [2.75, 3.05) is 6.61 Å². The van der Waals surface area contributed by atoms with Gasteiger partial charge in [0.1, 0.15) is 12.6 Å². The van der Waals surface area contributed by atoms with Crippen molar-refractivity contribution in [2.45, 2.75) is 31.2 Å². The van der Waals surface area contributed by atoms with Gasteiger partial charge in [-0.15, -0.1) is 0 Å². The molecule has 0 bridgehead atoms. The molecule has 2 atom stereocenters. The molecule has 0 heterocycles. The lowest BCUT2D eigenvalue weighted by Crippen LogP contribution is -2.46. The van der Waals surface area contributed by atoms with Gasteiger partial charge in [-0.2, -0.15) is 0 Å². The molecule has 0 saturated heterocycles. The molecule has 2 N–H and O–H groups in total. The number of carbonyl (C=O) groups is 2. The molecular weight excluding hydrogens is 354 g/mol. The minimum Gasteiger partial charge on any atom is -0.480 e. The summed E-state index contributed by atoms with van der Waals surface area (Å²) in [6.07, 6.45) is 5.58. The molecule has 1 amide bonds. The van der Waals surface area contributed by atoms with E-state index in [9.17, 15) is 14.7 Å². The largest absolute Gasteiger partial charge is 0.480 e. The fourth-order valence-electron chi connectivity index (χ4n) is 4.27. The number of allylic oxidation sites excluding steroid dienone is 2. The van der Waals surface area contributed by atoms with E-state index in [-0.39, 0.29) is 18.4 Å². The van der Waals surface area contributed by atoms with Gasteiger partial charge in [-0.05, 0) is 47.4 Å². The Labute approximate surface area is 164 Å². The molecule has 28 heavy (non-hydrogen) atoms. The first-order valence-electron chi connectivity index (χ1n) is 9.64. The van der Waals surface area contributed by atoms with E-state index >= 15 is 0 Å². The van der Waals surface area contributed by atoms with Crippen LogP contribution in [0, 0.1) is 5.92 Å². The first-order chi connectivity index (χ1) is 13.6. The van der Waals surface area contributed by atoms with E-state index < -0.39 is 18.1 Å². The monoisotopic (exact) mass is 377 g/mol. The number of nitrogens with one attached hydrogen (secondary N) is 1. The summed E-state index contributed by atoms with van der Waals surface area (Å²) in [5.74, 6) is -1.17. The van der Waals surface area contributed by atoms with Crippen molar-refractivity contribution in [1.29, 1.82) is 0 Å². The molecule has 5 heteroatoms. The second kappa shape index (κ2) is 7.89. The average Bonchev–Trinajstić information content (AvgIpc) is 3.05. The van der Waals surface area contributed by atoms with Crippen LogP contribution in [-0.2, 0) is 9.53 Å². The van der Waals surface area contributed by atoms with E-state index in [0.29, 0.717) is 6.42 Å². The molecule has 0 aromatic heterocycles. The van der Waals surface area contributed by atoms with Crippen LogP contribution in [0.2, 0.25) is 0 Å². The highest BCUT2D eigenvalue weighted by Gasteiger charge is 2.32. The molecule has 0 spiro atoms. The SMILES string of the molecule is O=C(NC(C(=O)O)C1CC=CCC1)OCC1c2ccccc2-c2ccccc21. The van der Waals surface area contributed by atoms with E-state index in [1.807, 2.05) is 36.4 Å². The number of rotatable bonds is 5. The Balaban J connectivity index is 1.45. The maximum Gasteiger partial charge on any atom is 0.407 e. The number of carboxylic acids is 1. The molecule has 2 aliphatic carbocycles. The summed E-state index contributed by atoms with van der Waals surface area (Å²) in [5, 5.41) is 12.1. The van der Waals surface area contributed by atoms with Gasteiger partial charge in [0.05, 0.1) is 0 Å². The van der Waals surface area contributed by atoms with Crippen molar-refractivity contribution in [3.05, 3.63) is 71.8 Å². The van der Waals surface area contributed by atoms with E-state index in [4.69, 9.17) is 4.74 Å². The number of carboxylic acid groups (broad SMARTS) is 1. The third-order valence-corrected chi connectivity index (χ3v) is 5.66. The van der Waals surface area contributed by atoms with Crippen LogP contribution in [0.3, 0.4) is 0 Å². The van der Waals surface area contributed by atoms with E-state index in [2.05, 4.69) is 29.6 Å². The molecule has 5 nitrogen and oxygen atoms in total. The lowest BCUT2D eigenvalue weighted by Gasteiger charge is -2.25. The van der Waals surface area contributed by atoms with Gasteiger partial charge in [-0.1, -0.05) is 60.7 Å². The number of amides is 1. The zero-order valence-electron chi connectivity index (χ0n) is 15.5. The molecule has 0 aliphatic heterocycles. The number of hydrogen-bond acceptors (Lipinski definition) is 3. The molecule has 2 aromatic carbocycles. The predicted octanol–water partition coefficient (Wildman–Crippen LogP) is 4.33. The highest BCUT2D eigenvalue weighted by atomic mass is 16.5. The maximum atomic E-state index is 12.4. The Bertz CT molecular complexity index is 875. The minimum absolute atomic E-state index is 0.0426. The normalized spacial score (nSPS) is 18.8. The number of alkyl carbamates (subject to hydrolysis) is 1.